The van der Waals surface area contributed by atoms with E-state index in [2.05, 4.69) is 20.7 Å². The Morgan fingerprint density at radius 2 is 2.03 bits per heavy atom. The minimum atomic E-state index is -4.49. The van der Waals surface area contributed by atoms with Crippen LogP contribution in [0.5, 0.6) is 0 Å². The normalized spacial score (nSPS) is 11.4. The van der Waals surface area contributed by atoms with E-state index in [9.17, 15) is 22.8 Å². The molecule has 0 aliphatic carbocycles. The number of likely N-dealkylation sites (N-methyl/N-ethyl adjacent to an activating group) is 1. The number of hydrogen-bond donors (Lipinski definition) is 1. The molecule has 0 fully saturated rings. The van der Waals surface area contributed by atoms with Crippen LogP contribution in [-0.4, -0.2) is 50.0 Å². The van der Waals surface area contributed by atoms with Gasteiger partial charge in [-0.15, -0.1) is 21.5 Å². The predicted octanol–water partition coefficient (Wildman–Crippen LogP) is 2.59. The van der Waals surface area contributed by atoms with Crippen molar-refractivity contribution in [2.24, 2.45) is 0 Å². The number of carbonyl (C=O) groups excluding carboxylic acids is 2. The molecule has 2 aromatic heterocycles. The molecule has 3 aromatic rings. The summed E-state index contributed by atoms with van der Waals surface area (Å²) in [6, 6.07) is 8.31. The van der Waals surface area contributed by atoms with Crippen molar-refractivity contribution in [1.82, 2.24) is 30.4 Å². The van der Waals surface area contributed by atoms with Crippen LogP contribution in [0.3, 0.4) is 0 Å². The van der Waals surface area contributed by atoms with Crippen LogP contribution in [0.25, 0.3) is 11.4 Å². The minimum absolute atomic E-state index is 0.0318. The Morgan fingerprint density at radius 3 is 2.71 bits per heavy atom. The molecule has 164 valence electrons. The molecule has 0 saturated heterocycles. The van der Waals surface area contributed by atoms with Crippen LogP contribution in [0.2, 0.25) is 0 Å². The zero-order chi connectivity index (χ0) is 22.4. The number of nitrogens with zero attached hydrogens (tertiary/aromatic N) is 5. The number of hydrogen-bond acceptors (Lipinski definition) is 6. The third-order valence-corrected chi connectivity index (χ3v) is 5.16. The molecule has 0 spiro atoms. The smallest absolute Gasteiger partial charge is 0.350 e. The summed E-state index contributed by atoms with van der Waals surface area (Å²) in [5.74, 6) is -0.753. The van der Waals surface area contributed by atoms with Crippen molar-refractivity contribution in [2.45, 2.75) is 26.2 Å². The molecule has 12 heteroatoms. The van der Waals surface area contributed by atoms with Gasteiger partial charge in [0.2, 0.25) is 17.6 Å². The lowest BCUT2D eigenvalue weighted by molar-refractivity contribution is -0.137. The van der Waals surface area contributed by atoms with Gasteiger partial charge in [-0.25, -0.2) is 0 Å². The third-order valence-electron chi connectivity index (χ3n) is 4.29. The lowest BCUT2D eigenvalue weighted by Crippen LogP contribution is -2.42. The van der Waals surface area contributed by atoms with E-state index in [1.54, 1.807) is 6.92 Å². The Labute approximate surface area is 179 Å². The van der Waals surface area contributed by atoms with Gasteiger partial charge >= 0.3 is 6.18 Å². The van der Waals surface area contributed by atoms with E-state index >= 15 is 0 Å². The van der Waals surface area contributed by atoms with Crippen molar-refractivity contribution in [3.8, 4) is 11.4 Å². The molecule has 0 saturated carbocycles. The molecule has 1 N–H and O–H groups in total. The van der Waals surface area contributed by atoms with Crippen molar-refractivity contribution in [3.05, 3.63) is 52.2 Å². The number of amides is 2. The molecule has 0 radical (unpaired) electrons. The lowest BCUT2D eigenvalue weighted by Gasteiger charge is -2.19. The first-order chi connectivity index (χ1) is 14.8. The van der Waals surface area contributed by atoms with Crippen LogP contribution < -0.4 is 5.32 Å². The number of aromatic nitrogens is 4. The fourth-order valence-corrected chi connectivity index (χ4v) is 3.33. The first-order valence-corrected chi connectivity index (χ1v) is 10.2. The average Bonchev–Trinajstić information content (AvgIpc) is 3.42. The van der Waals surface area contributed by atoms with Crippen LogP contribution in [-0.2, 0) is 28.9 Å². The molecule has 31 heavy (non-hydrogen) atoms. The van der Waals surface area contributed by atoms with Crippen LogP contribution in [0, 0.1) is 0 Å². The van der Waals surface area contributed by atoms with Gasteiger partial charge in [-0.1, -0.05) is 18.2 Å². The third kappa shape index (κ3) is 6.10. The summed E-state index contributed by atoms with van der Waals surface area (Å²) in [5, 5.41) is 16.1. The van der Waals surface area contributed by atoms with E-state index in [0.717, 1.165) is 21.8 Å². The molecule has 0 bridgehead atoms. The minimum Gasteiger partial charge on any atom is -0.350 e. The first-order valence-electron chi connectivity index (χ1n) is 9.28. The Balaban J connectivity index is 1.59. The average molecular weight is 452 g/mol. The van der Waals surface area contributed by atoms with Gasteiger partial charge in [-0.3, -0.25) is 9.59 Å². The highest BCUT2D eigenvalue weighted by molar-refractivity contribution is 7.09. The number of thiophene rings is 1. The van der Waals surface area contributed by atoms with Crippen molar-refractivity contribution < 1.29 is 22.8 Å². The van der Waals surface area contributed by atoms with Gasteiger partial charge in [0.15, 0.2) is 0 Å². The van der Waals surface area contributed by atoms with E-state index in [1.165, 1.54) is 28.4 Å². The van der Waals surface area contributed by atoms with E-state index in [4.69, 9.17) is 0 Å². The molecule has 0 aliphatic rings. The zero-order valence-corrected chi connectivity index (χ0v) is 17.3. The second kappa shape index (κ2) is 9.69. The van der Waals surface area contributed by atoms with Crippen molar-refractivity contribution in [3.63, 3.8) is 0 Å². The van der Waals surface area contributed by atoms with E-state index in [1.807, 2.05) is 17.5 Å². The molecular formula is C19H19F3N6O2S. The maximum absolute atomic E-state index is 12.9. The Kier molecular flexibility index (Phi) is 7.00. The standard InChI is InChI=1S/C19H19F3N6O2S/c1-2-27(11-16(29)23-10-15-7-4-8-31-15)17(30)12-28-25-18(24-26-28)13-5-3-6-14(9-13)19(20,21)22/h3-9H,2,10-12H2,1H3,(H,23,29). The van der Waals surface area contributed by atoms with Gasteiger partial charge in [0.1, 0.15) is 6.54 Å². The summed E-state index contributed by atoms with van der Waals surface area (Å²) in [6.45, 7) is 1.98. The first kappa shape index (κ1) is 22.4. The van der Waals surface area contributed by atoms with Gasteiger partial charge in [-0.2, -0.15) is 18.0 Å². The molecule has 2 amide bonds. The van der Waals surface area contributed by atoms with Crippen LogP contribution >= 0.6 is 11.3 Å². The number of alkyl halides is 3. The van der Waals surface area contributed by atoms with E-state index in [0.29, 0.717) is 13.1 Å². The Bertz CT molecular complexity index is 1040. The quantitative estimate of drug-likeness (QED) is 0.567. The number of benzene rings is 1. The largest absolute Gasteiger partial charge is 0.416 e. The van der Waals surface area contributed by atoms with Gasteiger partial charge in [0.05, 0.1) is 18.7 Å². The maximum atomic E-state index is 12.9. The highest BCUT2D eigenvalue weighted by atomic mass is 32.1. The molecule has 2 heterocycles. The molecule has 0 unspecified atom stereocenters. The van der Waals surface area contributed by atoms with Gasteiger partial charge in [0, 0.05) is 17.0 Å². The van der Waals surface area contributed by atoms with Gasteiger partial charge in [-0.05, 0) is 35.7 Å². The number of nitrogens with one attached hydrogen (secondary N) is 1. The van der Waals surface area contributed by atoms with Gasteiger partial charge in [0.25, 0.3) is 0 Å². The van der Waals surface area contributed by atoms with Gasteiger partial charge < -0.3 is 10.2 Å². The highest BCUT2D eigenvalue weighted by Gasteiger charge is 2.30. The molecular weight excluding hydrogens is 433 g/mol. The highest BCUT2D eigenvalue weighted by Crippen LogP contribution is 2.31. The monoisotopic (exact) mass is 452 g/mol. The summed E-state index contributed by atoms with van der Waals surface area (Å²) in [4.78, 5) is 28.0. The fraction of sp³-hybridized carbons (Fsp3) is 0.316. The molecule has 3 rings (SSSR count). The van der Waals surface area contributed by atoms with E-state index in [-0.39, 0.29) is 30.4 Å². The maximum Gasteiger partial charge on any atom is 0.416 e. The van der Waals surface area contributed by atoms with Crippen molar-refractivity contribution in [2.75, 3.05) is 13.1 Å². The van der Waals surface area contributed by atoms with Crippen molar-refractivity contribution >= 4 is 23.2 Å². The SMILES string of the molecule is CCN(CC(=O)NCc1cccs1)C(=O)Cn1nnc(-c2cccc(C(F)(F)F)c2)n1. The predicted molar refractivity (Wildman–Crippen MR) is 107 cm³/mol. The summed E-state index contributed by atoms with van der Waals surface area (Å²) >= 11 is 1.52. The Hall–Kier alpha value is -3.28. The topological polar surface area (TPSA) is 93.0 Å². The van der Waals surface area contributed by atoms with Crippen LogP contribution in [0.4, 0.5) is 13.2 Å². The summed E-state index contributed by atoms with van der Waals surface area (Å²) < 4.78 is 38.7. The summed E-state index contributed by atoms with van der Waals surface area (Å²) in [5.41, 5.74) is -0.697. The van der Waals surface area contributed by atoms with E-state index < -0.39 is 17.6 Å². The Morgan fingerprint density at radius 1 is 1.23 bits per heavy atom. The van der Waals surface area contributed by atoms with Crippen LogP contribution in [0.1, 0.15) is 17.4 Å². The number of tetrazole rings is 1. The second-order valence-electron chi connectivity index (χ2n) is 6.49. The lowest BCUT2D eigenvalue weighted by atomic mass is 10.1. The van der Waals surface area contributed by atoms with Crippen molar-refractivity contribution in [1.29, 1.82) is 0 Å². The second-order valence-corrected chi connectivity index (χ2v) is 7.52. The summed E-state index contributed by atoms with van der Waals surface area (Å²) in [7, 11) is 0. The molecule has 0 aliphatic heterocycles. The molecule has 8 nitrogen and oxygen atoms in total. The molecule has 0 atom stereocenters. The number of rotatable bonds is 8. The molecule has 1 aromatic carbocycles. The summed E-state index contributed by atoms with van der Waals surface area (Å²) in [6.07, 6.45) is -4.49. The number of halogens is 3. The fourth-order valence-electron chi connectivity index (χ4n) is 2.69. The van der Waals surface area contributed by atoms with Crippen LogP contribution in [0.15, 0.2) is 41.8 Å². The zero-order valence-electron chi connectivity index (χ0n) is 16.5. The number of carbonyl (C=O) groups is 2.